The van der Waals surface area contributed by atoms with Crippen molar-refractivity contribution in [3.8, 4) is 0 Å². The molecular formula is C29H31N3O4. The molecule has 1 aromatic heterocycles. The first-order valence-corrected chi connectivity index (χ1v) is 12.4. The fraction of sp³-hybridized carbons (Fsp3) is 0.310. The molecule has 1 saturated heterocycles. The summed E-state index contributed by atoms with van der Waals surface area (Å²) in [5.41, 5.74) is 1.04. The number of nitrogens with zero attached hydrogens (tertiary/aromatic N) is 3. The average Bonchev–Trinajstić information content (AvgIpc) is 2.93. The van der Waals surface area contributed by atoms with Crippen LogP contribution >= 0.6 is 0 Å². The molecule has 0 radical (unpaired) electrons. The summed E-state index contributed by atoms with van der Waals surface area (Å²) in [5.74, 6) is -0.933. The number of benzene rings is 2. The molecule has 1 aliphatic heterocycles. The first-order chi connectivity index (χ1) is 17.5. The predicted octanol–water partition coefficient (Wildman–Crippen LogP) is 3.56. The van der Waals surface area contributed by atoms with Gasteiger partial charge in [-0.3, -0.25) is 23.7 Å². The molecule has 0 unspecified atom stereocenters. The maximum Gasteiger partial charge on any atom is 0.253 e. The Bertz CT molecular complexity index is 1250. The highest BCUT2D eigenvalue weighted by Crippen LogP contribution is 2.24. The number of piperidine rings is 1. The average molecular weight is 486 g/mol. The highest BCUT2D eigenvalue weighted by molar-refractivity contribution is 6.11. The number of aromatic nitrogens is 1. The van der Waals surface area contributed by atoms with E-state index in [1.165, 1.54) is 16.8 Å². The summed E-state index contributed by atoms with van der Waals surface area (Å²) < 4.78 is 1.20. The lowest BCUT2D eigenvalue weighted by atomic mass is 9.93. The Morgan fingerprint density at radius 3 is 2.11 bits per heavy atom. The zero-order valence-electron chi connectivity index (χ0n) is 20.5. The summed E-state index contributed by atoms with van der Waals surface area (Å²) in [6.07, 6.45) is 2.52. The third-order valence-electron chi connectivity index (χ3n) is 6.74. The molecule has 4 rings (SSSR count). The van der Waals surface area contributed by atoms with Gasteiger partial charge in [0.05, 0.1) is 0 Å². The van der Waals surface area contributed by atoms with Gasteiger partial charge in [0.15, 0.2) is 11.8 Å². The van der Waals surface area contributed by atoms with E-state index in [-0.39, 0.29) is 11.8 Å². The minimum absolute atomic E-state index is 0.0876. The highest BCUT2D eigenvalue weighted by Gasteiger charge is 2.36. The maximum atomic E-state index is 13.6. The Labute approximate surface area is 211 Å². The van der Waals surface area contributed by atoms with Gasteiger partial charge in [-0.1, -0.05) is 66.7 Å². The largest absolute Gasteiger partial charge is 0.340 e. The van der Waals surface area contributed by atoms with Gasteiger partial charge < -0.3 is 9.80 Å². The first-order valence-electron chi connectivity index (χ1n) is 12.4. The second-order valence-corrected chi connectivity index (χ2v) is 9.02. The number of amides is 2. The Balaban J connectivity index is 1.48. The van der Waals surface area contributed by atoms with Gasteiger partial charge in [0.2, 0.25) is 5.91 Å². The molecule has 0 spiro atoms. The first kappa shape index (κ1) is 25.1. The quantitative estimate of drug-likeness (QED) is 0.361. The van der Waals surface area contributed by atoms with Gasteiger partial charge in [0.25, 0.3) is 11.5 Å². The van der Waals surface area contributed by atoms with Gasteiger partial charge in [0, 0.05) is 49.9 Å². The summed E-state index contributed by atoms with van der Waals surface area (Å²) >= 11 is 0. The number of carbonyl (C=O) groups excluding carboxylic acids is 3. The van der Waals surface area contributed by atoms with Crippen LogP contribution in [0.4, 0.5) is 0 Å². The van der Waals surface area contributed by atoms with Crippen molar-refractivity contribution in [3.63, 3.8) is 0 Å². The molecule has 2 aromatic carbocycles. The fourth-order valence-corrected chi connectivity index (χ4v) is 4.70. The number of ketones is 1. The van der Waals surface area contributed by atoms with Crippen molar-refractivity contribution in [2.75, 3.05) is 19.6 Å². The summed E-state index contributed by atoms with van der Waals surface area (Å²) in [6.45, 7) is 3.85. The zero-order chi connectivity index (χ0) is 25.5. The Morgan fingerprint density at radius 2 is 1.50 bits per heavy atom. The van der Waals surface area contributed by atoms with E-state index in [1.807, 2.05) is 42.2 Å². The molecule has 0 aliphatic carbocycles. The molecule has 1 aliphatic rings. The molecule has 186 valence electrons. The molecule has 7 nitrogen and oxygen atoms in total. The zero-order valence-corrected chi connectivity index (χ0v) is 20.5. The van der Waals surface area contributed by atoms with E-state index < -0.39 is 23.3 Å². The molecule has 3 aromatic rings. The third-order valence-corrected chi connectivity index (χ3v) is 6.74. The van der Waals surface area contributed by atoms with Crippen molar-refractivity contribution in [1.29, 1.82) is 0 Å². The Hall–Kier alpha value is -4.00. The molecule has 0 bridgehead atoms. The molecule has 1 fully saturated rings. The lowest BCUT2D eigenvalue weighted by Crippen LogP contribution is -2.48. The number of rotatable bonds is 8. The van der Waals surface area contributed by atoms with E-state index in [0.29, 0.717) is 44.6 Å². The Morgan fingerprint density at radius 1 is 0.889 bits per heavy atom. The van der Waals surface area contributed by atoms with Crippen LogP contribution in [0.5, 0.6) is 0 Å². The summed E-state index contributed by atoms with van der Waals surface area (Å²) in [7, 11) is 0. The molecule has 1 atom stereocenters. The van der Waals surface area contributed by atoms with Gasteiger partial charge in [-0.05, 0) is 31.4 Å². The second-order valence-electron chi connectivity index (χ2n) is 9.02. The number of hydrogen-bond acceptors (Lipinski definition) is 4. The molecule has 0 saturated carbocycles. The van der Waals surface area contributed by atoms with Crippen LogP contribution < -0.4 is 5.56 Å². The molecule has 7 heteroatoms. The molecule has 2 heterocycles. The number of hydrogen-bond donors (Lipinski definition) is 0. The van der Waals surface area contributed by atoms with Crippen LogP contribution in [-0.2, 0) is 16.1 Å². The minimum atomic E-state index is -1.28. The standard InChI is InChI=1S/C29H31N3O4/c1-2-30(21-22-11-5-3-6-12-22)28(35)24-16-19-31(20-17-24)29(36)26(32-18-10-9-15-25(32)33)27(34)23-13-7-4-8-14-23/h3-15,18,24,26H,2,16-17,19-21H2,1H3/t26-/m1/s1. The number of carbonyl (C=O) groups is 3. The van der Waals surface area contributed by atoms with Crippen molar-refractivity contribution in [2.45, 2.75) is 32.4 Å². The predicted molar refractivity (Wildman–Crippen MR) is 137 cm³/mol. The van der Waals surface area contributed by atoms with Crippen LogP contribution in [-0.4, -0.2) is 51.6 Å². The second kappa shape index (κ2) is 11.6. The van der Waals surface area contributed by atoms with Crippen LogP contribution in [0, 0.1) is 5.92 Å². The summed E-state index contributed by atoms with van der Waals surface area (Å²) in [4.78, 5) is 56.3. The van der Waals surface area contributed by atoms with Crippen molar-refractivity contribution < 1.29 is 14.4 Å². The van der Waals surface area contributed by atoms with Gasteiger partial charge in [-0.25, -0.2) is 0 Å². The SMILES string of the molecule is CCN(Cc1ccccc1)C(=O)C1CCN(C(=O)[C@@H](C(=O)c2ccccc2)n2ccccc2=O)CC1. The van der Waals surface area contributed by atoms with E-state index >= 15 is 0 Å². The molecular weight excluding hydrogens is 454 g/mol. The number of likely N-dealkylation sites (tertiary alicyclic amines) is 1. The lowest BCUT2D eigenvalue weighted by molar-refractivity contribution is -0.142. The van der Waals surface area contributed by atoms with E-state index in [0.717, 1.165) is 5.56 Å². The minimum Gasteiger partial charge on any atom is -0.340 e. The van der Waals surface area contributed by atoms with Gasteiger partial charge in [-0.2, -0.15) is 0 Å². The maximum absolute atomic E-state index is 13.6. The molecule has 36 heavy (non-hydrogen) atoms. The molecule has 2 amide bonds. The van der Waals surface area contributed by atoms with E-state index in [2.05, 4.69) is 0 Å². The van der Waals surface area contributed by atoms with Gasteiger partial charge in [-0.15, -0.1) is 0 Å². The number of Topliss-reactive ketones (excluding diaryl/α,β-unsaturated/α-hetero) is 1. The topological polar surface area (TPSA) is 79.7 Å². The van der Waals surface area contributed by atoms with Crippen molar-refractivity contribution in [1.82, 2.24) is 14.4 Å². The van der Waals surface area contributed by atoms with Crippen LogP contribution in [0.15, 0.2) is 89.9 Å². The summed E-state index contributed by atoms with van der Waals surface area (Å²) in [5, 5.41) is 0. The van der Waals surface area contributed by atoms with Crippen LogP contribution in [0.3, 0.4) is 0 Å². The van der Waals surface area contributed by atoms with Gasteiger partial charge >= 0.3 is 0 Å². The van der Waals surface area contributed by atoms with Crippen molar-refractivity contribution in [3.05, 3.63) is 107 Å². The lowest BCUT2D eigenvalue weighted by Gasteiger charge is -2.35. The normalized spacial score (nSPS) is 14.8. The molecule has 0 N–H and O–H groups in total. The highest BCUT2D eigenvalue weighted by atomic mass is 16.2. The van der Waals surface area contributed by atoms with Crippen LogP contribution in [0.1, 0.15) is 41.7 Å². The fourth-order valence-electron chi connectivity index (χ4n) is 4.70. The van der Waals surface area contributed by atoms with Gasteiger partial charge in [0.1, 0.15) is 0 Å². The van der Waals surface area contributed by atoms with Crippen molar-refractivity contribution in [2.24, 2.45) is 5.92 Å². The summed E-state index contributed by atoms with van der Waals surface area (Å²) in [6, 6.07) is 21.7. The monoisotopic (exact) mass is 485 g/mol. The van der Waals surface area contributed by atoms with E-state index in [1.54, 1.807) is 47.4 Å². The van der Waals surface area contributed by atoms with E-state index in [4.69, 9.17) is 0 Å². The smallest absolute Gasteiger partial charge is 0.253 e. The Kier molecular flexibility index (Phi) is 8.10. The van der Waals surface area contributed by atoms with Crippen LogP contribution in [0.25, 0.3) is 0 Å². The number of pyridine rings is 1. The van der Waals surface area contributed by atoms with Crippen LogP contribution in [0.2, 0.25) is 0 Å². The van der Waals surface area contributed by atoms with Crippen molar-refractivity contribution >= 4 is 17.6 Å². The third kappa shape index (κ3) is 5.62. The van der Waals surface area contributed by atoms with E-state index in [9.17, 15) is 19.2 Å².